The summed E-state index contributed by atoms with van der Waals surface area (Å²) < 4.78 is 12.5. The Morgan fingerprint density at radius 3 is 2.74 bits per heavy atom. The van der Waals surface area contributed by atoms with Crippen LogP contribution < -0.4 is 10.3 Å². The van der Waals surface area contributed by atoms with Crippen molar-refractivity contribution in [1.82, 2.24) is 4.57 Å². The number of aromatic nitrogens is 1. The fraction of sp³-hybridized carbons (Fsp3) is 0.458. The van der Waals surface area contributed by atoms with E-state index in [2.05, 4.69) is 0 Å². The number of benzene rings is 1. The fourth-order valence-corrected chi connectivity index (χ4v) is 3.91. The zero-order chi connectivity index (χ0) is 22.7. The topological polar surface area (TPSA) is 102 Å². The van der Waals surface area contributed by atoms with Gasteiger partial charge in [-0.15, -0.1) is 0 Å². The molecule has 0 radical (unpaired) electrons. The van der Waals surface area contributed by atoms with Crippen molar-refractivity contribution >= 4 is 5.78 Å². The number of carbonyl (C=O) groups is 1. The van der Waals surface area contributed by atoms with Crippen LogP contribution in [0.1, 0.15) is 65.2 Å². The molecule has 0 saturated carbocycles. The standard InChI is InChI=1S/C24H28N2O5/c1-14(2)18-8-7-15(3)10-21(18)31-13-20(27)22-16(4)19(11-25)23(28)26(24(22)29)12-17-6-5-9-30-17/h7-8,10,14,17,29H,5-6,9,12-13H2,1-4H3. The lowest BCUT2D eigenvalue weighted by atomic mass is 10.00. The van der Waals surface area contributed by atoms with E-state index in [1.54, 1.807) is 0 Å². The number of aromatic hydroxyl groups is 1. The summed E-state index contributed by atoms with van der Waals surface area (Å²) in [6.07, 6.45) is 1.38. The van der Waals surface area contributed by atoms with Crippen LogP contribution in [0, 0.1) is 25.2 Å². The van der Waals surface area contributed by atoms with Crippen molar-refractivity contribution in [2.24, 2.45) is 0 Å². The van der Waals surface area contributed by atoms with Crippen molar-refractivity contribution in [3.63, 3.8) is 0 Å². The van der Waals surface area contributed by atoms with Crippen LogP contribution >= 0.6 is 0 Å². The second-order valence-electron chi connectivity index (χ2n) is 8.27. The lowest BCUT2D eigenvalue weighted by Gasteiger charge is -2.19. The van der Waals surface area contributed by atoms with Crippen molar-refractivity contribution in [2.75, 3.05) is 13.2 Å². The van der Waals surface area contributed by atoms with E-state index < -0.39 is 17.2 Å². The SMILES string of the molecule is Cc1ccc(C(C)C)c(OCC(=O)c2c(C)c(C#N)c(=O)n(CC3CCCO3)c2O)c1. The Morgan fingerprint density at radius 2 is 2.13 bits per heavy atom. The number of hydrogen-bond acceptors (Lipinski definition) is 6. The van der Waals surface area contributed by atoms with Crippen LogP contribution in [0.15, 0.2) is 23.0 Å². The molecule has 1 atom stereocenters. The lowest BCUT2D eigenvalue weighted by molar-refractivity contribution is 0.0893. The number of nitriles is 1. The first kappa shape index (κ1) is 22.6. The molecule has 1 aromatic carbocycles. The summed E-state index contributed by atoms with van der Waals surface area (Å²) in [6, 6.07) is 7.70. The van der Waals surface area contributed by atoms with Crippen LogP contribution in [0.25, 0.3) is 0 Å². The first-order chi connectivity index (χ1) is 14.7. The van der Waals surface area contributed by atoms with Gasteiger partial charge in [0.05, 0.1) is 18.2 Å². The highest BCUT2D eigenvalue weighted by Gasteiger charge is 2.27. The molecule has 2 heterocycles. The van der Waals surface area contributed by atoms with Gasteiger partial charge in [-0.1, -0.05) is 26.0 Å². The molecular weight excluding hydrogens is 396 g/mol. The van der Waals surface area contributed by atoms with E-state index >= 15 is 0 Å². The summed E-state index contributed by atoms with van der Waals surface area (Å²) >= 11 is 0. The third-order valence-corrected chi connectivity index (χ3v) is 5.64. The monoisotopic (exact) mass is 424 g/mol. The van der Waals surface area contributed by atoms with Gasteiger partial charge in [-0.3, -0.25) is 14.2 Å². The molecule has 1 N–H and O–H groups in total. The van der Waals surface area contributed by atoms with Gasteiger partial charge in [0.15, 0.2) is 6.61 Å². The smallest absolute Gasteiger partial charge is 0.271 e. The summed E-state index contributed by atoms with van der Waals surface area (Å²) in [4.78, 5) is 25.8. The Labute approximate surface area is 181 Å². The van der Waals surface area contributed by atoms with Gasteiger partial charge in [0.25, 0.3) is 5.56 Å². The molecule has 3 rings (SSSR count). The van der Waals surface area contributed by atoms with E-state index in [-0.39, 0.29) is 41.9 Å². The summed E-state index contributed by atoms with van der Waals surface area (Å²) in [6.45, 7) is 7.87. The zero-order valence-corrected chi connectivity index (χ0v) is 18.4. The highest BCUT2D eigenvalue weighted by atomic mass is 16.5. The first-order valence-corrected chi connectivity index (χ1v) is 10.5. The summed E-state index contributed by atoms with van der Waals surface area (Å²) in [5.74, 6) is -0.129. The first-order valence-electron chi connectivity index (χ1n) is 10.5. The molecule has 31 heavy (non-hydrogen) atoms. The van der Waals surface area contributed by atoms with E-state index in [4.69, 9.17) is 9.47 Å². The summed E-state index contributed by atoms with van der Waals surface area (Å²) in [5.41, 5.74) is 1.30. The second-order valence-corrected chi connectivity index (χ2v) is 8.27. The van der Waals surface area contributed by atoms with Crippen molar-refractivity contribution in [2.45, 2.75) is 59.1 Å². The predicted molar refractivity (Wildman–Crippen MR) is 116 cm³/mol. The molecule has 1 unspecified atom stereocenters. The van der Waals surface area contributed by atoms with Crippen molar-refractivity contribution in [3.05, 3.63) is 56.4 Å². The Kier molecular flexibility index (Phi) is 6.81. The molecule has 1 aromatic heterocycles. The molecule has 1 fully saturated rings. The highest BCUT2D eigenvalue weighted by Crippen LogP contribution is 2.29. The van der Waals surface area contributed by atoms with Gasteiger partial charge >= 0.3 is 0 Å². The molecule has 1 aliphatic rings. The number of ketones is 1. The molecule has 0 amide bonds. The molecule has 7 heteroatoms. The minimum atomic E-state index is -0.619. The third-order valence-electron chi connectivity index (χ3n) is 5.64. The maximum absolute atomic E-state index is 13.1. The lowest BCUT2D eigenvalue weighted by Crippen LogP contribution is -2.31. The zero-order valence-electron chi connectivity index (χ0n) is 18.4. The van der Waals surface area contributed by atoms with Crippen LogP contribution in [-0.4, -0.2) is 34.8 Å². The maximum atomic E-state index is 13.1. The van der Waals surface area contributed by atoms with Gasteiger partial charge in [-0.25, -0.2) is 0 Å². The van der Waals surface area contributed by atoms with Gasteiger partial charge in [-0.05, 0) is 55.4 Å². The summed E-state index contributed by atoms with van der Waals surface area (Å²) in [7, 11) is 0. The van der Waals surface area contributed by atoms with Gasteiger partial charge in [0.1, 0.15) is 17.4 Å². The number of pyridine rings is 1. The largest absolute Gasteiger partial charge is 0.494 e. The Hall–Kier alpha value is -3.11. The third kappa shape index (κ3) is 4.64. The van der Waals surface area contributed by atoms with Crippen molar-refractivity contribution in [3.8, 4) is 17.7 Å². The van der Waals surface area contributed by atoms with Gasteiger partial charge in [0, 0.05) is 6.61 Å². The van der Waals surface area contributed by atoms with Crippen LogP contribution in [-0.2, 0) is 11.3 Å². The van der Waals surface area contributed by atoms with E-state index in [0.29, 0.717) is 12.4 Å². The number of nitrogens with zero attached hydrogens (tertiary/aromatic N) is 2. The fourth-order valence-electron chi connectivity index (χ4n) is 3.91. The maximum Gasteiger partial charge on any atom is 0.271 e. The molecule has 0 bridgehead atoms. The minimum Gasteiger partial charge on any atom is -0.494 e. The molecular formula is C24H28N2O5. The van der Waals surface area contributed by atoms with Gasteiger partial charge in [0.2, 0.25) is 11.7 Å². The highest BCUT2D eigenvalue weighted by molar-refractivity contribution is 6.01. The number of carbonyl (C=O) groups excluding carboxylic acids is 1. The molecule has 1 saturated heterocycles. The minimum absolute atomic E-state index is 0.0621. The molecule has 1 aliphatic heterocycles. The molecule has 0 spiro atoms. The number of Topliss-reactive ketones (excluding diaryl/α,β-unsaturated/α-hetero) is 1. The number of rotatable bonds is 7. The van der Waals surface area contributed by atoms with Crippen molar-refractivity contribution < 1.29 is 19.4 Å². The average Bonchev–Trinajstić information content (AvgIpc) is 3.23. The van der Waals surface area contributed by atoms with Gasteiger partial charge in [-0.2, -0.15) is 5.26 Å². The molecule has 2 aromatic rings. The Morgan fingerprint density at radius 1 is 1.39 bits per heavy atom. The molecule has 164 valence electrons. The Bertz CT molecular complexity index is 1090. The number of ether oxygens (including phenoxy) is 2. The molecule has 7 nitrogen and oxygen atoms in total. The average molecular weight is 424 g/mol. The molecule has 0 aliphatic carbocycles. The Balaban J connectivity index is 1.95. The van der Waals surface area contributed by atoms with Crippen LogP contribution in [0.3, 0.4) is 0 Å². The number of hydrogen-bond donors (Lipinski definition) is 1. The summed E-state index contributed by atoms with van der Waals surface area (Å²) in [5, 5.41) is 20.3. The van der Waals surface area contributed by atoms with Crippen LogP contribution in [0.5, 0.6) is 11.6 Å². The van der Waals surface area contributed by atoms with Crippen LogP contribution in [0.4, 0.5) is 0 Å². The second kappa shape index (κ2) is 9.36. The number of aryl methyl sites for hydroxylation is 1. The van der Waals surface area contributed by atoms with E-state index in [9.17, 15) is 20.0 Å². The van der Waals surface area contributed by atoms with E-state index in [1.165, 1.54) is 6.92 Å². The van der Waals surface area contributed by atoms with Gasteiger partial charge < -0.3 is 14.6 Å². The van der Waals surface area contributed by atoms with Crippen LogP contribution in [0.2, 0.25) is 0 Å². The van der Waals surface area contributed by atoms with Crippen molar-refractivity contribution in [1.29, 1.82) is 5.26 Å². The van der Waals surface area contributed by atoms with E-state index in [1.807, 2.05) is 45.0 Å². The normalized spacial score (nSPS) is 15.8. The van der Waals surface area contributed by atoms with E-state index in [0.717, 1.165) is 28.5 Å². The predicted octanol–water partition coefficient (Wildman–Crippen LogP) is 3.61. The quantitative estimate of drug-likeness (QED) is 0.682.